The zero-order valence-corrected chi connectivity index (χ0v) is 11.9. The zero-order chi connectivity index (χ0) is 14.1. The summed E-state index contributed by atoms with van der Waals surface area (Å²) in [5.74, 6) is 0.669. The number of carbonyl (C=O) groups is 1. The third-order valence-corrected chi connectivity index (χ3v) is 2.53. The lowest BCUT2D eigenvalue weighted by Crippen LogP contribution is -2.35. The third-order valence-electron chi connectivity index (χ3n) is 2.53. The predicted octanol–water partition coefficient (Wildman–Crippen LogP) is 2.06. The van der Waals surface area contributed by atoms with Crippen molar-refractivity contribution in [3.8, 4) is 0 Å². The Labute approximate surface area is 114 Å². The van der Waals surface area contributed by atoms with Gasteiger partial charge in [0.15, 0.2) is 0 Å². The van der Waals surface area contributed by atoms with Crippen molar-refractivity contribution in [1.82, 2.24) is 10.3 Å². The van der Waals surface area contributed by atoms with Gasteiger partial charge in [-0.05, 0) is 32.4 Å². The van der Waals surface area contributed by atoms with Gasteiger partial charge in [-0.15, -0.1) is 0 Å². The van der Waals surface area contributed by atoms with E-state index in [1.807, 2.05) is 19.9 Å². The smallest absolute Gasteiger partial charge is 0.253 e. The maximum Gasteiger partial charge on any atom is 0.253 e. The maximum absolute atomic E-state index is 11.9. The maximum atomic E-state index is 11.9. The van der Waals surface area contributed by atoms with Gasteiger partial charge >= 0.3 is 0 Å². The molecule has 0 fully saturated rings. The fourth-order valence-corrected chi connectivity index (χ4v) is 1.53. The lowest BCUT2D eigenvalue weighted by atomic mass is 10.2. The number of hydrogen-bond donors (Lipinski definition) is 2. The molecule has 0 radical (unpaired) electrons. The molecule has 5 nitrogen and oxygen atoms in total. The van der Waals surface area contributed by atoms with Gasteiger partial charge in [0.1, 0.15) is 5.82 Å². The van der Waals surface area contributed by atoms with Gasteiger partial charge in [-0.1, -0.05) is 6.92 Å². The van der Waals surface area contributed by atoms with Crippen LogP contribution in [0.1, 0.15) is 37.6 Å². The number of rotatable bonds is 8. The molecule has 1 unspecified atom stereocenters. The molecular weight excluding hydrogens is 242 g/mol. The highest BCUT2D eigenvalue weighted by Crippen LogP contribution is 2.05. The summed E-state index contributed by atoms with van der Waals surface area (Å²) in [6.45, 7) is 7.99. The average molecular weight is 265 g/mol. The summed E-state index contributed by atoms with van der Waals surface area (Å²) in [6.07, 6.45) is 2.62. The Balaban J connectivity index is 2.48. The van der Waals surface area contributed by atoms with Gasteiger partial charge in [0.2, 0.25) is 0 Å². The van der Waals surface area contributed by atoms with Crippen LogP contribution >= 0.6 is 0 Å². The third kappa shape index (κ3) is 5.70. The van der Waals surface area contributed by atoms with Gasteiger partial charge < -0.3 is 15.4 Å². The second-order valence-electron chi connectivity index (χ2n) is 4.39. The minimum absolute atomic E-state index is 0.00894. The van der Waals surface area contributed by atoms with E-state index in [0.717, 1.165) is 18.8 Å². The van der Waals surface area contributed by atoms with Crippen molar-refractivity contribution in [1.29, 1.82) is 0 Å². The molecule has 0 aromatic carbocycles. The molecule has 0 saturated heterocycles. The number of anilines is 1. The molecule has 5 heteroatoms. The average Bonchev–Trinajstić information content (AvgIpc) is 2.43. The molecule has 1 atom stereocenters. The minimum atomic E-state index is -0.123. The molecule has 19 heavy (non-hydrogen) atoms. The highest BCUT2D eigenvalue weighted by Gasteiger charge is 2.10. The van der Waals surface area contributed by atoms with E-state index in [2.05, 4.69) is 22.5 Å². The van der Waals surface area contributed by atoms with Crippen molar-refractivity contribution in [2.75, 3.05) is 25.1 Å². The van der Waals surface area contributed by atoms with E-state index in [-0.39, 0.29) is 11.9 Å². The van der Waals surface area contributed by atoms with Gasteiger partial charge in [0.25, 0.3) is 5.91 Å². The molecule has 2 N–H and O–H groups in total. The molecule has 0 saturated carbocycles. The second-order valence-corrected chi connectivity index (χ2v) is 4.39. The number of hydrogen-bond acceptors (Lipinski definition) is 4. The van der Waals surface area contributed by atoms with Crippen LogP contribution in [-0.2, 0) is 4.74 Å². The summed E-state index contributed by atoms with van der Waals surface area (Å²) in [7, 11) is 0. The van der Waals surface area contributed by atoms with E-state index in [1.54, 1.807) is 12.3 Å². The topological polar surface area (TPSA) is 63.2 Å². The van der Waals surface area contributed by atoms with Crippen molar-refractivity contribution >= 4 is 11.7 Å². The first-order valence-corrected chi connectivity index (χ1v) is 6.75. The summed E-state index contributed by atoms with van der Waals surface area (Å²) < 4.78 is 5.26. The first-order chi connectivity index (χ1) is 9.17. The Hall–Kier alpha value is -1.62. The van der Waals surface area contributed by atoms with Gasteiger partial charge in [0.05, 0.1) is 12.2 Å². The summed E-state index contributed by atoms with van der Waals surface area (Å²) >= 11 is 0. The van der Waals surface area contributed by atoms with Gasteiger partial charge in [-0.2, -0.15) is 0 Å². The number of carbonyl (C=O) groups excluding carboxylic acids is 1. The van der Waals surface area contributed by atoms with Gasteiger partial charge in [0, 0.05) is 25.4 Å². The summed E-state index contributed by atoms with van der Waals surface area (Å²) in [6, 6.07) is 3.58. The van der Waals surface area contributed by atoms with Crippen molar-refractivity contribution < 1.29 is 9.53 Å². The van der Waals surface area contributed by atoms with E-state index in [4.69, 9.17) is 4.74 Å². The molecule has 1 heterocycles. The molecule has 106 valence electrons. The van der Waals surface area contributed by atoms with Crippen molar-refractivity contribution in [2.24, 2.45) is 0 Å². The van der Waals surface area contributed by atoms with Crippen LogP contribution in [-0.4, -0.2) is 36.7 Å². The molecule has 1 rings (SSSR count). The standard InChI is InChI=1S/C14H23N3O2/c1-4-8-15-13-7-6-12(9-16-13)14(18)17-11(3)10-19-5-2/h6-7,9,11H,4-5,8,10H2,1-3H3,(H,15,16)(H,17,18). The molecule has 0 aliphatic heterocycles. The van der Waals surface area contributed by atoms with E-state index in [9.17, 15) is 4.79 Å². The fourth-order valence-electron chi connectivity index (χ4n) is 1.53. The molecule has 0 spiro atoms. The lowest BCUT2D eigenvalue weighted by molar-refractivity contribution is 0.0871. The van der Waals surface area contributed by atoms with Crippen LogP contribution < -0.4 is 10.6 Å². The van der Waals surface area contributed by atoms with E-state index in [0.29, 0.717) is 18.8 Å². The predicted molar refractivity (Wildman–Crippen MR) is 76.4 cm³/mol. The molecule has 0 bridgehead atoms. The Kier molecular flexibility index (Phi) is 6.89. The Morgan fingerprint density at radius 3 is 2.79 bits per heavy atom. The molecule has 1 aromatic heterocycles. The highest BCUT2D eigenvalue weighted by molar-refractivity contribution is 5.94. The van der Waals surface area contributed by atoms with Crippen LogP contribution in [0.2, 0.25) is 0 Å². The molecule has 1 aromatic rings. The first-order valence-electron chi connectivity index (χ1n) is 6.75. The summed E-state index contributed by atoms with van der Waals surface area (Å²) in [5, 5.41) is 6.04. The SMILES string of the molecule is CCCNc1ccc(C(=O)NC(C)COCC)cn1. The number of ether oxygens (including phenoxy) is 1. The monoisotopic (exact) mass is 265 g/mol. The molecule has 0 aliphatic rings. The fraction of sp³-hybridized carbons (Fsp3) is 0.571. The quantitative estimate of drug-likeness (QED) is 0.755. The van der Waals surface area contributed by atoms with E-state index < -0.39 is 0 Å². The second kappa shape index (κ2) is 8.48. The van der Waals surface area contributed by atoms with Gasteiger partial charge in [-0.3, -0.25) is 4.79 Å². The van der Waals surface area contributed by atoms with E-state index in [1.165, 1.54) is 0 Å². The number of aromatic nitrogens is 1. The molecule has 1 amide bonds. The summed E-state index contributed by atoms with van der Waals surface area (Å²) in [4.78, 5) is 16.1. The van der Waals surface area contributed by atoms with Crippen molar-refractivity contribution in [3.63, 3.8) is 0 Å². The van der Waals surface area contributed by atoms with Crippen LogP contribution in [0.25, 0.3) is 0 Å². The van der Waals surface area contributed by atoms with Gasteiger partial charge in [-0.25, -0.2) is 4.98 Å². The first kappa shape index (κ1) is 15.4. The van der Waals surface area contributed by atoms with Crippen LogP contribution in [0.3, 0.4) is 0 Å². The largest absolute Gasteiger partial charge is 0.380 e. The molecular formula is C14H23N3O2. The van der Waals surface area contributed by atoms with Crippen LogP contribution in [0, 0.1) is 0 Å². The lowest BCUT2D eigenvalue weighted by Gasteiger charge is -2.13. The van der Waals surface area contributed by atoms with Crippen molar-refractivity contribution in [3.05, 3.63) is 23.9 Å². The van der Waals surface area contributed by atoms with Crippen LogP contribution in [0.4, 0.5) is 5.82 Å². The minimum Gasteiger partial charge on any atom is -0.380 e. The van der Waals surface area contributed by atoms with Crippen LogP contribution in [0.15, 0.2) is 18.3 Å². The Bertz CT molecular complexity index is 379. The number of pyridine rings is 1. The normalized spacial score (nSPS) is 11.9. The summed E-state index contributed by atoms with van der Waals surface area (Å²) in [5.41, 5.74) is 0.561. The number of nitrogens with one attached hydrogen (secondary N) is 2. The zero-order valence-electron chi connectivity index (χ0n) is 11.9. The Morgan fingerprint density at radius 2 is 2.21 bits per heavy atom. The van der Waals surface area contributed by atoms with Crippen LogP contribution in [0.5, 0.6) is 0 Å². The molecule has 0 aliphatic carbocycles. The van der Waals surface area contributed by atoms with E-state index >= 15 is 0 Å². The number of nitrogens with zero attached hydrogens (tertiary/aromatic N) is 1. The Morgan fingerprint density at radius 1 is 1.42 bits per heavy atom. The van der Waals surface area contributed by atoms with Crippen molar-refractivity contribution in [2.45, 2.75) is 33.2 Å². The number of amides is 1. The highest BCUT2D eigenvalue weighted by atomic mass is 16.5.